The largest absolute Gasteiger partial charge is 0.478 e. The zero-order valence-electron chi connectivity index (χ0n) is 18.4. The number of likely N-dealkylation sites (N-methyl/N-ethyl adjacent to an activating group) is 2. The molecular formula is C22H31FN6O2. The quantitative estimate of drug-likeness (QED) is 0.759. The molecule has 2 fully saturated rings. The van der Waals surface area contributed by atoms with Crippen molar-refractivity contribution in [1.82, 2.24) is 25.1 Å². The van der Waals surface area contributed by atoms with Crippen molar-refractivity contribution in [3.8, 4) is 11.3 Å². The molecule has 0 spiro atoms. The van der Waals surface area contributed by atoms with Gasteiger partial charge in [0.25, 0.3) is 0 Å². The lowest BCUT2D eigenvalue weighted by Crippen LogP contribution is -2.45. The zero-order valence-corrected chi connectivity index (χ0v) is 18.4. The number of piperazine rings is 2. The number of halogens is 1. The number of carboxylic acid groups (broad SMARTS) is 1. The minimum absolute atomic E-state index is 0.0163. The highest BCUT2D eigenvalue weighted by molar-refractivity contribution is 5.95. The van der Waals surface area contributed by atoms with Crippen molar-refractivity contribution in [3.63, 3.8) is 0 Å². The summed E-state index contributed by atoms with van der Waals surface area (Å²) in [4.78, 5) is 26.8. The van der Waals surface area contributed by atoms with Crippen molar-refractivity contribution in [3.05, 3.63) is 41.3 Å². The Hall–Kier alpha value is -2.62. The van der Waals surface area contributed by atoms with E-state index in [-0.39, 0.29) is 11.4 Å². The lowest BCUT2D eigenvalue weighted by molar-refractivity contribution is 0.0697. The molecule has 2 saturated heterocycles. The van der Waals surface area contributed by atoms with Crippen molar-refractivity contribution >= 4 is 11.9 Å². The van der Waals surface area contributed by atoms with Gasteiger partial charge < -0.3 is 25.1 Å². The van der Waals surface area contributed by atoms with Crippen molar-refractivity contribution in [2.45, 2.75) is 6.92 Å². The Labute approximate surface area is 182 Å². The number of carboxylic acids is 1. The van der Waals surface area contributed by atoms with Crippen LogP contribution < -0.4 is 10.2 Å². The predicted molar refractivity (Wildman–Crippen MR) is 119 cm³/mol. The number of benzene rings is 1. The van der Waals surface area contributed by atoms with Crippen LogP contribution in [0.2, 0.25) is 0 Å². The maximum absolute atomic E-state index is 13.4. The summed E-state index contributed by atoms with van der Waals surface area (Å²) in [6.07, 6.45) is 1.33. The molecule has 9 heteroatoms. The minimum Gasteiger partial charge on any atom is -0.478 e. The number of hydrogen-bond donors (Lipinski definition) is 2. The van der Waals surface area contributed by atoms with E-state index in [9.17, 15) is 14.3 Å². The molecule has 0 unspecified atom stereocenters. The Balaban J connectivity index is 0.000000330. The molecular weight excluding hydrogens is 399 g/mol. The third-order valence-corrected chi connectivity index (χ3v) is 5.58. The van der Waals surface area contributed by atoms with Crippen LogP contribution in [0, 0.1) is 12.7 Å². The van der Waals surface area contributed by atoms with Gasteiger partial charge in [0.05, 0.1) is 5.69 Å². The van der Waals surface area contributed by atoms with E-state index in [1.807, 2.05) is 4.90 Å². The molecule has 8 nitrogen and oxygen atoms in total. The second-order valence-corrected chi connectivity index (χ2v) is 8.04. The predicted octanol–water partition coefficient (Wildman–Crippen LogP) is 1.56. The fourth-order valence-corrected chi connectivity index (χ4v) is 3.56. The molecule has 2 aromatic rings. The highest BCUT2D eigenvalue weighted by Crippen LogP contribution is 2.27. The Kier molecular flexibility index (Phi) is 7.89. The summed E-state index contributed by atoms with van der Waals surface area (Å²) in [7, 11) is 4.21. The SMILES string of the molecule is CN1CCNCC1.Cc1cc(F)ccc1-c1nc(N2CCN(C)CC2)ncc1C(=O)O. The Bertz CT molecular complexity index is 896. The summed E-state index contributed by atoms with van der Waals surface area (Å²) in [6.45, 7) is 9.84. The second kappa shape index (κ2) is 10.6. The highest BCUT2D eigenvalue weighted by atomic mass is 19.1. The maximum Gasteiger partial charge on any atom is 0.339 e. The number of nitrogens with one attached hydrogen (secondary N) is 1. The minimum atomic E-state index is -1.10. The molecule has 1 aromatic heterocycles. The third-order valence-electron chi connectivity index (χ3n) is 5.58. The van der Waals surface area contributed by atoms with E-state index in [0.717, 1.165) is 39.3 Å². The molecule has 2 aliphatic rings. The van der Waals surface area contributed by atoms with E-state index < -0.39 is 5.97 Å². The van der Waals surface area contributed by atoms with Crippen LogP contribution in [-0.2, 0) is 0 Å². The van der Waals surface area contributed by atoms with Crippen molar-refractivity contribution < 1.29 is 14.3 Å². The van der Waals surface area contributed by atoms with Crippen LogP contribution in [0.25, 0.3) is 11.3 Å². The summed E-state index contributed by atoms with van der Waals surface area (Å²) in [6, 6.07) is 4.25. The number of aryl methyl sites for hydroxylation is 1. The first-order chi connectivity index (χ1) is 14.8. The maximum atomic E-state index is 13.4. The van der Waals surface area contributed by atoms with Crippen LogP contribution in [0.1, 0.15) is 15.9 Å². The highest BCUT2D eigenvalue weighted by Gasteiger charge is 2.21. The van der Waals surface area contributed by atoms with Gasteiger partial charge in [-0.25, -0.2) is 19.2 Å². The third kappa shape index (κ3) is 6.19. The molecule has 0 aliphatic carbocycles. The monoisotopic (exact) mass is 430 g/mol. The summed E-state index contributed by atoms with van der Waals surface area (Å²) in [5.74, 6) is -0.952. The topological polar surface area (TPSA) is 84.8 Å². The lowest BCUT2D eigenvalue weighted by Gasteiger charge is -2.32. The summed E-state index contributed by atoms with van der Waals surface area (Å²) >= 11 is 0. The zero-order chi connectivity index (χ0) is 22.4. The molecule has 0 saturated carbocycles. The van der Waals surface area contributed by atoms with E-state index in [2.05, 4.69) is 39.2 Å². The molecule has 2 N–H and O–H groups in total. The van der Waals surface area contributed by atoms with Gasteiger partial charge in [-0.05, 0) is 44.8 Å². The first kappa shape index (κ1) is 23.1. The molecule has 4 rings (SSSR count). The normalized spacial score (nSPS) is 17.7. The van der Waals surface area contributed by atoms with Crippen LogP contribution >= 0.6 is 0 Å². The Morgan fingerprint density at radius 2 is 1.71 bits per heavy atom. The summed E-state index contributed by atoms with van der Waals surface area (Å²) < 4.78 is 13.4. The van der Waals surface area contributed by atoms with Crippen LogP contribution in [0.3, 0.4) is 0 Å². The first-order valence-electron chi connectivity index (χ1n) is 10.5. The van der Waals surface area contributed by atoms with E-state index in [0.29, 0.717) is 22.8 Å². The van der Waals surface area contributed by atoms with Gasteiger partial charge in [0.1, 0.15) is 11.4 Å². The van der Waals surface area contributed by atoms with Gasteiger partial charge in [0.15, 0.2) is 0 Å². The van der Waals surface area contributed by atoms with Crippen LogP contribution in [0.5, 0.6) is 0 Å². The van der Waals surface area contributed by atoms with Gasteiger partial charge >= 0.3 is 5.97 Å². The van der Waals surface area contributed by atoms with Crippen molar-refractivity contribution in [2.75, 3.05) is 71.4 Å². The fourth-order valence-electron chi connectivity index (χ4n) is 3.56. The van der Waals surface area contributed by atoms with E-state index in [4.69, 9.17) is 0 Å². The van der Waals surface area contributed by atoms with Crippen molar-refractivity contribution in [2.24, 2.45) is 0 Å². The number of carbonyl (C=O) groups is 1. The molecule has 0 bridgehead atoms. The second-order valence-electron chi connectivity index (χ2n) is 8.04. The number of aromatic nitrogens is 2. The molecule has 31 heavy (non-hydrogen) atoms. The molecule has 0 radical (unpaired) electrons. The van der Waals surface area contributed by atoms with Crippen LogP contribution in [0.4, 0.5) is 10.3 Å². The number of hydrogen-bond acceptors (Lipinski definition) is 7. The molecule has 0 atom stereocenters. The Morgan fingerprint density at radius 3 is 2.26 bits per heavy atom. The van der Waals surface area contributed by atoms with Gasteiger partial charge in [-0.1, -0.05) is 0 Å². The Morgan fingerprint density at radius 1 is 1.06 bits per heavy atom. The molecule has 2 aliphatic heterocycles. The number of rotatable bonds is 3. The van der Waals surface area contributed by atoms with E-state index in [1.54, 1.807) is 13.0 Å². The summed E-state index contributed by atoms with van der Waals surface area (Å²) in [5.41, 5.74) is 1.58. The average molecular weight is 431 g/mol. The molecule has 1 aromatic carbocycles. The van der Waals surface area contributed by atoms with Crippen LogP contribution in [0.15, 0.2) is 24.4 Å². The molecule has 168 valence electrons. The standard InChI is InChI=1S/C17H19FN4O2.C5H12N2/c1-11-9-12(18)3-4-13(11)15-14(16(23)24)10-19-17(20-15)22-7-5-21(2)6-8-22;1-7-4-2-6-3-5-7/h3-4,9-10H,5-8H2,1-2H3,(H,23,24);6H,2-5H2,1H3. The summed E-state index contributed by atoms with van der Waals surface area (Å²) in [5, 5.41) is 12.7. The van der Waals surface area contributed by atoms with Gasteiger partial charge in [0, 0.05) is 64.1 Å². The number of anilines is 1. The number of aromatic carboxylic acids is 1. The smallest absolute Gasteiger partial charge is 0.339 e. The fraction of sp³-hybridized carbons (Fsp3) is 0.500. The van der Waals surface area contributed by atoms with Gasteiger partial charge in [-0.15, -0.1) is 0 Å². The lowest BCUT2D eigenvalue weighted by atomic mass is 10.0. The van der Waals surface area contributed by atoms with Crippen molar-refractivity contribution in [1.29, 1.82) is 0 Å². The number of nitrogens with zero attached hydrogens (tertiary/aromatic N) is 5. The average Bonchev–Trinajstić information content (AvgIpc) is 2.75. The van der Waals surface area contributed by atoms with E-state index in [1.165, 1.54) is 31.4 Å². The van der Waals surface area contributed by atoms with E-state index >= 15 is 0 Å². The van der Waals surface area contributed by atoms with Gasteiger partial charge in [-0.3, -0.25) is 0 Å². The molecule has 0 amide bonds. The van der Waals surface area contributed by atoms with Gasteiger partial charge in [-0.2, -0.15) is 0 Å². The van der Waals surface area contributed by atoms with Gasteiger partial charge in [0.2, 0.25) is 5.95 Å². The molecule has 3 heterocycles. The van der Waals surface area contributed by atoms with Crippen LogP contribution in [-0.4, -0.2) is 97.3 Å². The first-order valence-corrected chi connectivity index (χ1v) is 10.5.